The summed E-state index contributed by atoms with van der Waals surface area (Å²) in [7, 11) is 0. The zero-order valence-corrected chi connectivity index (χ0v) is 12.1. The van der Waals surface area contributed by atoms with Crippen LogP contribution >= 0.6 is 0 Å². The molecule has 3 aromatic carbocycles. The lowest BCUT2D eigenvalue weighted by molar-refractivity contribution is 1.37. The van der Waals surface area contributed by atoms with Gasteiger partial charge in [-0.25, -0.2) is 0 Å². The van der Waals surface area contributed by atoms with Gasteiger partial charge in [-0.3, -0.25) is 0 Å². The van der Waals surface area contributed by atoms with E-state index >= 15 is 0 Å². The second kappa shape index (κ2) is 4.38. The minimum atomic E-state index is 0.343. The predicted octanol–water partition coefficient (Wildman–Crippen LogP) is 4.98. The zero-order chi connectivity index (χ0) is 14.5. The Morgan fingerprint density at radius 1 is 0.773 bits per heavy atom. The molecule has 2 aliphatic heterocycles. The molecule has 5 rings (SSSR count). The minimum Gasteiger partial charge on any atom is -0.383 e. The van der Waals surface area contributed by atoms with Crippen molar-refractivity contribution in [2.75, 3.05) is 4.81 Å². The number of benzene rings is 3. The van der Waals surface area contributed by atoms with Crippen LogP contribution in [-0.4, -0.2) is 6.85 Å². The van der Waals surface area contributed by atoms with Crippen molar-refractivity contribution in [2.45, 2.75) is 0 Å². The molecule has 0 saturated carbocycles. The van der Waals surface area contributed by atoms with Crippen molar-refractivity contribution in [3.8, 4) is 0 Å². The van der Waals surface area contributed by atoms with E-state index in [2.05, 4.69) is 89.7 Å². The van der Waals surface area contributed by atoms with E-state index in [9.17, 15) is 0 Å². The Hall–Kier alpha value is -2.74. The fourth-order valence-corrected chi connectivity index (χ4v) is 3.53. The topological polar surface area (TPSA) is 3.24 Å². The predicted molar refractivity (Wildman–Crippen MR) is 97.0 cm³/mol. The van der Waals surface area contributed by atoms with Crippen molar-refractivity contribution in [2.24, 2.45) is 0 Å². The van der Waals surface area contributed by atoms with E-state index in [1.54, 1.807) is 0 Å². The third kappa shape index (κ3) is 1.61. The highest BCUT2D eigenvalue weighted by Crippen LogP contribution is 2.36. The van der Waals surface area contributed by atoms with Crippen LogP contribution in [0.15, 0.2) is 78.8 Å². The number of hydrogen-bond donors (Lipinski definition) is 0. The maximum Gasteiger partial charge on any atom is 0.312 e. The van der Waals surface area contributed by atoms with Crippen molar-refractivity contribution in [1.29, 1.82) is 0 Å². The molecule has 0 aliphatic carbocycles. The van der Waals surface area contributed by atoms with Gasteiger partial charge in [0.25, 0.3) is 0 Å². The first kappa shape index (κ1) is 11.9. The Kier molecular flexibility index (Phi) is 2.36. The van der Waals surface area contributed by atoms with Crippen molar-refractivity contribution in [3.05, 3.63) is 84.4 Å². The van der Waals surface area contributed by atoms with Gasteiger partial charge in [-0.05, 0) is 52.0 Å². The van der Waals surface area contributed by atoms with E-state index in [4.69, 9.17) is 0 Å². The van der Waals surface area contributed by atoms with Gasteiger partial charge in [-0.1, -0.05) is 54.4 Å². The van der Waals surface area contributed by atoms with Crippen LogP contribution in [-0.2, 0) is 0 Å². The normalized spacial score (nSPS) is 15.5. The van der Waals surface area contributed by atoms with Gasteiger partial charge in [0.15, 0.2) is 0 Å². The van der Waals surface area contributed by atoms with Crippen molar-refractivity contribution in [1.82, 2.24) is 0 Å². The number of allylic oxidation sites excluding steroid dienone is 2. The molecule has 22 heavy (non-hydrogen) atoms. The minimum absolute atomic E-state index is 0.343. The molecular formula is C20H14BN. The van der Waals surface area contributed by atoms with E-state index < -0.39 is 0 Å². The number of fused-ring (bicyclic) bond motifs is 6. The Morgan fingerprint density at radius 3 is 2.55 bits per heavy atom. The molecule has 1 nitrogen and oxygen atoms in total. The zero-order valence-electron chi connectivity index (χ0n) is 12.1. The molecule has 0 amide bonds. The quantitative estimate of drug-likeness (QED) is 0.414. The highest BCUT2D eigenvalue weighted by Gasteiger charge is 2.24. The average molecular weight is 279 g/mol. The molecule has 0 aromatic heterocycles. The van der Waals surface area contributed by atoms with Gasteiger partial charge in [0, 0.05) is 11.3 Å². The fraction of sp³-hybridized carbons (Fsp3) is 0. The molecule has 102 valence electrons. The van der Waals surface area contributed by atoms with E-state index in [1.165, 1.54) is 32.8 Å². The van der Waals surface area contributed by atoms with Crippen molar-refractivity contribution >= 4 is 40.2 Å². The molecule has 0 bridgehead atoms. The molecular weight excluding hydrogens is 265 g/mol. The van der Waals surface area contributed by atoms with Gasteiger partial charge in [-0.15, -0.1) is 0 Å². The summed E-state index contributed by atoms with van der Waals surface area (Å²) in [5.41, 5.74) is 2.61. The number of rotatable bonds is 0. The first-order valence-corrected chi connectivity index (χ1v) is 7.67. The fourth-order valence-electron chi connectivity index (χ4n) is 3.53. The van der Waals surface area contributed by atoms with E-state index in [-0.39, 0.29) is 0 Å². The molecule has 0 radical (unpaired) electrons. The third-order valence-corrected chi connectivity index (χ3v) is 4.63. The van der Waals surface area contributed by atoms with Gasteiger partial charge < -0.3 is 4.81 Å². The van der Waals surface area contributed by atoms with E-state index in [0.29, 0.717) is 6.85 Å². The van der Waals surface area contributed by atoms with Crippen LogP contribution in [0.25, 0.3) is 27.6 Å². The van der Waals surface area contributed by atoms with Crippen LogP contribution in [0.4, 0.5) is 5.69 Å². The molecule has 3 aromatic rings. The number of nitrogens with zero attached hydrogens (tertiary/aromatic N) is 1. The first-order chi connectivity index (χ1) is 10.9. The summed E-state index contributed by atoms with van der Waals surface area (Å²) < 4.78 is 0. The van der Waals surface area contributed by atoms with Gasteiger partial charge in [-0.2, -0.15) is 0 Å². The van der Waals surface area contributed by atoms with E-state index in [0.717, 1.165) is 0 Å². The summed E-state index contributed by atoms with van der Waals surface area (Å²) >= 11 is 0. The highest BCUT2D eigenvalue weighted by atomic mass is 15.1. The SMILES string of the molecule is C1=CB2C=Cc3c(ccc4cc5ccccc5cc34)N2C=C1. The number of hydrogen-bond acceptors (Lipinski definition) is 1. The average Bonchev–Trinajstić information content (AvgIpc) is 2.59. The summed E-state index contributed by atoms with van der Waals surface area (Å²) in [6.45, 7) is 0.343. The van der Waals surface area contributed by atoms with Crippen LogP contribution in [0.5, 0.6) is 0 Å². The van der Waals surface area contributed by atoms with Gasteiger partial charge in [0.2, 0.25) is 0 Å². The van der Waals surface area contributed by atoms with Gasteiger partial charge >= 0.3 is 6.85 Å². The van der Waals surface area contributed by atoms with Crippen LogP contribution < -0.4 is 4.81 Å². The van der Waals surface area contributed by atoms with Gasteiger partial charge in [0.1, 0.15) is 0 Å². The molecule has 2 heterocycles. The third-order valence-electron chi connectivity index (χ3n) is 4.63. The van der Waals surface area contributed by atoms with Crippen molar-refractivity contribution in [3.63, 3.8) is 0 Å². The standard InChI is InChI=1S/C20H14BN/c1-2-6-16-14-19-17(13-15(16)5-1)7-8-20-18(19)9-11-21-10-3-4-12-22(20)21/h1-14H. The second-order valence-electron chi connectivity index (χ2n) is 5.90. The summed E-state index contributed by atoms with van der Waals surface area (Å²) in [5, 5.41) is 5.23. The molecule has 0 N–H and O–H groups in total. The summed E-state index contributed by atoms with van der Waals surface area (Å²) in [5.74, 6) is 4.50. The first-order valence-electron chi connectivity index (χ1n) is 7.67. The van der Waals surface area contributed by atoms with Crippen LogP contribution in [0, 0.1) is 0 Å². The Balaban J connectivity index is 1.83. The second-order valence-corrected chi connectivity index (χ2v) is 5.90. The van der Waals surface area contributed by atoms with E-state index in [1.807, 2.05) is 0 Å². The maximum absolute atomic E-state index is 2.34. The monoisotopic (exact) mass is 279 g/mol. The van der Waals surface area contributed by atoms with Crippen LogP contribution in [0.1, 0.15) is 5.56 Å². The lowest BCUT2D eigenvalue weighted by atomic mass is 9.57. The Labute approximate surface area is 130 Å². The molecule has 0 unspecified atom stereocenters. The van der Waals surface area contributed by atoms with Crippen molar-refractivity contribution < 1.29 is 0 Å². The molecule has 0 atom stereocenters. The van der Waals surface area contributed by atoms with Crippen LogP contribution in [0.2, 0.25) is 0 Å². The summed E-state index contributed by atoms with van der Waals surface area (Å²) in [6, 6.07) is 17.7. The highest BCUT2D eigenvalue weighted by molar-refractivity contribution is 6.75. The molecule has 0 fully saturated rings. The molecule has 0 saturated heterocycles. The smallest absolute Gasteiger partial charge is 0.312 e. The lowest BCUT2D eigenvalue weighted by Gasteiger charge is -2.31. The van der Waals surface area contributed by atoms with Gasteiger partial charge in [0.05, 0.1) is 0 Å². The molecule has 0 spiro atoms. The summed E-state index contributed by atoms with van der Waals surface area (Å²) in [4.78, 5) is 2.34. The Bertz CT molecular complexity index is 997. The lowest BCUT2D eigenvalue weighted by Crippen LogP contribution is -2.35. The summed E-state index contributed by atoms with van der Waals surface area (Å²) in [6.07, 6.45) is 8.66. The maximum atomic E-state index is 2.34. The number of anilines is 1. The largest absolute Gasteiger partial charge is 0.383 e. The van der Waals surface area contributed by atoms with Crippen LogP contribution in [0.3, 0.4) is 0 Å². The molecule has 2 heteroatoms. The molecule has 2 aliphatic rings. The Morgan fingerprint density at radius 2 is 1.64 bits per heavy atom.